The number of nitrogens with one attached hydrogen (secondary N) is 1. The number of rotatable bonds is 6. The van der Waals surface area contributed by atoms with Gasteiger partial charge in [0.1, 0.15) is 0 Å². The number of nitrogens with zero attached hydrogens (tertiary/aromatic N) is 5. The zero-order valence-corrected chi connectivity index (χ0v) is 23.1. The fraction of sp³-hybridized carbons (Fsp3) is 0.214. The molecular formula is C28H23Cl2F3N6O. The summed E-state index contributed by atoms with van der Waals surface area (Å²) in [5.41, 5.74) is 1.66. The first-order valence-corrected chi connectivity index (χ1v) is 13.0. The van der Waals surface area contributed by atoms with Gasteiger partial charge >= 0.3 is 6.18 Å². The van der Waals surface area contributed by atoms with Crippen molar-refractivity contribution in [2.75, 3.05) is 5.32 Å². The lowest BCUT2D eigenvalue weighted by molar-refractivity contribution is -0.142. The van der Waals surface area contributed by atoms with E-state index in [0.29, 0.717) is 31.4 Å². The van der Waals surface area contributed by atoms with Gasteiger partial charge in [-0.05, 0) is 36.6 Å². The summed E-state index contributed by atoms with van der Waals surface area (Å²) in [7, 11) is 0. The molecule has 40 heavy (non-hydrogen) atoms. The van der Waals surface area contributed by atoms with Crippen LogP contribution in [0.3, 0.4) is 0 Å². The van der Waals surface area contributed by atoms with Crippen molar-refractivity contribution in [2.24, 2.45) is 0 Å². The minimum Gasteiger partial charge on any atom is -0.304 e. The van der Waals surface area contributed by atoms with Crippen LogP contribution in [0.5, 0.6) is 0 Å². The summed E-state index contributed by atoms with van der Waals surface area (Å²) in [6.07, 6.45) is -4.73. The highest BCUT2D eigenvalue weighted by Gasteiger charge is 2.35. The second-order valence-electron chi connectivity index (χ2n) is 9.58. The molecular weight excluding hydrogens is 564 g/mol. The first-order valence-electron chi connectivity index (χ1n) is 12.3. The van der Waals surface area contributed by atoms with Crippen LogP contribution in [0.4, 0.5) is 19.0 Å². The van der Waals surface area contributed by atoms with E-state index in [0.717, 1.165) is 11.6 Å². The third kappa shape index (κ3) is 5.55. The minimum absolute atomic E-state index is 0.113. The number of fused-ring (bicyclic) bond motifs is 1. The van der Waals surface area contributed by atoms with Crippen molar-refractivity contribution < 1.29 is 18.0 Å². The Kier molecular flexibility index (Phi) is 7.32. The Morgan fingerprint density at radius 1 is 1.00 bits per heavy atom. The summed E-state index contributed by atoms with van der Waals surface area (Å²) in [5.74, 6) is -0.269. The van der Waals surface area contributed by atoms with Gasteiger partial charge in [-0.15, -0.1) is 0 Å². The average molecular weight is 587 g/mol. The third-order valence-electron chi connectivity index (χ3n) is 6.42. The predicted octanol–water partition coefficient (Wildman–Crippen LogP) is 7.65. The lowest BCUT2D eigenvalue weighted by atomic mass is 10.0. The van der Waals surface area contributed by atoms with E-state index in [1.54, 1.807) is 48.0 Å². The molecule has 3 heterocycles. The molecule has 1 amide bonds. The Morgan fingerprint density at radius 2 is 1.68 bits per heavy atom. The number of hydrogen-bond acceptors (Lipinski definition) is 4. The number of aromatic nitrogens is 5. The number of carbonyl (C=O) groups excluding carboxylic acids is 1. The average Bonchev–Trinajstić information content (AvgIpc) is 3.48. The van der Waals surface area contributed by atoms with Crippen molar-refractivity contribution in [3.05, 3.63) is 98.9 Å². The molecule has 0 spiro atoms. The number of halogens is 5. The molecule has 5 rings (SSSR count). The molecule has 0 fully saturated rings. The number of aryl methyl sites for hydroxylation is 1. The highest BCUT2D eigenvalue weighted by Crippen LogP contribution is 2.33. The number of hydrogen-bond donors (Lipinski definition) is 1. The number of anilines is 1. The first-order chi connectivity index (χ1) is 18.9. The molecule has 3 aromatic heterocycles. The number of amides is 1. The van der Waals surface area contributed by atoms with Crippen LogP contribution in [0.1, 0.15) is 52.8 Å². The van der Waals surface area contributed by atoms with Crippen LogP contribution in [0.2, 0.25) is 10.0 Å². The first kappa shape index (κ1) is 27.7. The van der Waals surface area contributed by atoms with Crippen LogP contribution in [0.25, 0.3) is 16.9 Å². The van der Waals surface area contributed by atoms with E-state index in [4.69, 9.17) is 23.2 Å². The van der Waals surface area contributed by atoms with Gasteiger partial charge in [-0.3, -0.25) is 9.48 Å². The fourth-order valence-electron chi connectivity index (χ4n) is 4.22. The van der Waals surface area contributed by atoms with E-state index in [1.807, 2.05) is 26.0 Å². The number of benzene rings is 2. The molecule has 0 aliphatic carbocycles. The van der Waals surface area contributed by atoms with Gasteiger partial charge in [0.25, 0.3) is 5.91 Å². The molecule has 1 N–H and O–H groups in total. The van der Waals surface area contributed by atoms with Crippen molar-refractivity contribution in [3.8, 4) is 11.3 Å². The summed E-state index contributed by atoms with van der Waals surface area (Å²) in [6, 6.07) is 16.1. The zero-order valence-electron chi connectivity index (χ0n) is 21.6. The Morgan fingerprint density at radius 3 is 2.30 bits per heavy atom. The molecule has 0 aliphatic heterocycles. The standard InChI is InChI=1S/C28H23Cl2F3N6O/c1-15(2)17-7-9-18(10-8-17)22-12-24(28(31,32)33)39-26(34-22)13-23(36-39)27(40)35-25-11-16(3)38(37-25)14-19-20(29)5-4-6-21(19)30/h4-13,15H,14H2,1-3H3,(H,35,37,40). The molecule has 0 saturated heterocycles. The highest BCUT2D eigenvalue weighted by molar-refractivity contribution is 6.36. The maximum atomic E-state index is 14.0. The fourth-order valence-corrected chi connectivity index (χ4v) is 4.74. The maximum absolute atomic E-state index is 14.0. The Balaban J connectivity index is 1.45. The van der Waals surface area contributed by atoms with Gasteiger partial charge in [0.15, 0.2) is 22.9 Å². The van der Waals surface area contributed by atoms with Gasteiger partial charge in [-0.2, -0.15) is 23.4 Å². The molecule has 0 aliphatic rings. The second-order valence-corrected chi connectivity index (χ2v) is 10.4. The van der Waals surface area contributed by atoms with E-state index in [2.05, 4.69) is 20.5 Å². The van der Waals surface area contributed by atoms with Gasteiger partial charge < -0.3 is 5.32 Å². The topological polar surface area (TPSA) is 77.1 Å². The van der Waals surface area contributed by atoms with Gasteiger partial charge in [0.05, 0.1) is 12.2 Å². The second kappa shape index (κ2) is 10.6. The van der Waals surface area contributed by atoms with Gasteiger partial charge in [-0.25, -0.2) is 9.50 Å². The molecule has 0 atom stereocenters. The van der Waals surface area contributed by atoms with E-state index in [1.165, 1.54) is 6.07 Å². The molecule has 206 valence electrons. The van der Waals surface area contributed by atoms with Gasteiger partial charge in [0, 0.05) is 39.0 Å². The molecule has 0 radical (unpaired) electrons. The van der Waals surface area contributed by atoms with Crippen LogP contribution >= 0.6 is 23.2 Å². The summed E-state index contributed by atoms with van der Waals surface area (Å²) in [4.78, 5) is 17.4. The Labute approximate surface area is 237 Å². The van der Waals surface area contributed by atoms with Crippen LogP contribution in [0, 0.1) is 6.92 Å². The zero-order chi connectivity index (χ0) is 28.8. The third-order valence-corrected chi connectivity index (χ3v) is 7.12. The lowest BCUT2D eigenvalue weighted by Gasteiger charge is -2.11. The largest absolute Gasteiger partial charge is 0.433 e. The number of alkyl halides is 3. The Bertz CT molecular complexity index is 1700. The predicted molar refractivity (Wildman–Crippen MR) is 148 cm³/mol. The van der Waals surface area contributed by atoms with E-state index in [-0.39, 0.29) is 35.3 Å². The van der Waals surface area contributed by atoms with Crippen LogP contribution in [-0.2, 0) is 12.7 Å². The smallest absolute Gasteiger partial charge is 0.304 e. The molecule has 0 unspecified atom stereocenters. The molecule has 12 heteroatoms. The van der Waals surface area contributed by atoms with E-state index >= 15 is 0 Å². The van der Waals surface area contributed by atoms with Crippen molar-refractivity contribution in [2.45, 2.75) is 39.4 Å². The molecule has 0 bridgehead atoms. The molecule has 7 nitrogen and oxygen atoms in total. The van der Waals surface area contributed by atoms with Crippen molar-refractivity contribution in [3.63, 3.8) is 0 Å². The van der Waals surface area contributed by atoms with Gasteiger partial charge in [-0.1, -0.05) is 67.4 Å². The van der Waals surface area contributed by atoms with Crippen molar-refractivity contribution >= 4 is 40.6 Å². The summed E-state index contributed by atoms with van der Waals surface area (Å²) in [6.45, 7) is 6.10. The molecule has 2 aromatic carbocycles. The normalized spacial score (nSPS) is 11.9. The quantitative estimate of drug-likeness (QED) is 0.221. The van der Waals surface area contributed by atoms with Crippen molar-refractivity contribution in [1.29, 1.82) is 0 Å². The summed E-state index contributed by atoms with van der Waals surface area (Å²) in [5, 5.41) is 11.8. The number of carbonyl (C=O) groups is 1. The minimum atomic E-state index is -4.73. The Hall–Kier alpha value is -3.89. The lowest BCUT2D eigenvalue weighted by Crippen LogP contribution is -2.16. The monoisotopic (exact) mass is 586 g/mol. The van der Waals surface area contributed by atoms with Crippen LogP contribution < -0.4 is 5.32 Å². The van der Waals surface area contributed by atoms with Gasteiger partial charge in [0.2, 0.25) is 0 Å². The molecule has 0 saturated carbocycles. The maximum Gasteiger partial charge on any atom is 0.433 e. The van der Waals surface area contributed by atoms with Crippen LogP contribution in [0.15, 0.2) is 60.7 Å². The molecule has 5 aromatic rings. The van der Waals surface area contributed by atoms with Crippen molar-refractivity contribution in [1.82, 2.24) is 24.4 Å². The van der Waals surface area contributed by atoms with Crippen LogP contribution in [-0.4, -0.2) is 30.3 Å². The summed E-state index contributed by atoms with van der Waals surface area (Å²) < 4.78 is 44.2. The van der Waals surface area contributed by atoms with E-state index < -0.39 is 17.8 Å². The van der Waals surface area contributed by atoms with E-state index in [9.17, 15) is 18.0 Å². The highest BCUT2D eigenvalue weighted by atomic mass is 35.5. The summed E-state index contributed by atoms with van der Waals surface area (Å²) >= 11 is 12.5. The SMILES string of the molecule is Cc1cc(NC(=O)c2cc3nc(-c4ccc(C(C)C)cc4)cc(C(F)(F)F)n3n2)nn1Cc1c(Cl)cccc1Cl.